The summed E-state index contributed by atoms with van der Waals surface area (Å²) in [5.74, 6) is 3.85. The summed E-state index contributed by atoms with van der Waals surface area (Å²) in [4.78, 5) is 0. The first-order valence-corrected chi connectivity index (χ1v) is 45.0. The molecule has 1 aliphatic rings. The fourth-order valence-electron chi connectivity index (χ4n) is 16.7. The molecule has 5 rings (SSSR count). The number of quaternary nitrogens is 4. The molecule has 648 valence electrons. The van der Waals surface area contributed by atoms with E-state index in [1.165, 1.54) is 228 Å². The van der Waals surface area contributed by atoms with Crippen LogP contribution in [0.15, 0.2) is 48.5 Å². The molecule has 0 saturated heterocycles. The monoisotopic (exact) mass is 1650 g/mol. The van der Waals surface area contributed by atoms with E-state index in [1.54, 1.807) is 0 Å². The molecule has 0 spiro atoms. The summed E-state index contributed by atoms with van der Waals surface area (Å²) in [6, 6.07) is 19.6. The Morgan fingerprint density at radius 1 is 0.223 bits per heavy atom. The van der Waals surface area contributed by atoms with Crippen molar-refractivity contribution in [2.75, 3.05) is 135 Å². The van der Waals surface area contributed by atoms with Crippen molar-refractivity contribution in [3.8, 4) is 23.0 Å². The highest BCUT2D eigenvalue weighted by atomic mass is 35.5. The van der Waals surface area contributed by atoms with Gasteiger partial charge in [0.25, 0.3) is 0 Å². The molecule has 16 heteroatoms. The van der Waals surface area contributed by atoms with Gasteiger partial charge >= 0.3 is 0 Å². The second kappa shape index (κ2) is 62.1. The number of benzene rings is 4. The molecule has 0 saturated carbocycles. The maximum absolute atomic E-state index is 10.6. The standard InChI is InChI=1S/C96H168N4O8.4ClH/c1-13-17-21-25-29-33-37-41-45-49-61-105-93-85-65-81(77-97(5,6)53-57-101)66-86(93)74-88-68-83(79-99(9,10)55-59-103)70-90(95(88)107-63-51-47-43-39-35-31-27-23-19-15-3)76-92-72-84(80-100(11,12)56-60-104)71-91(96(92)108-64-52-48-44-40-36-32-28-24-20-16-4)75-89-69-82(78-98(7,8)54-58-102)67-87(73-85)94(89)106-62-50-46-42-38-34-30-26-22-18-14-2;;;;/h65-72,101-104H,13-64,73-80H2,1-12H3;4*1H/q+4;;;;/p-4. The fourth-order valence-corrected chi connectivity index (χ4v) is 16.7. The first kappa shape index (κ1) is 107. The van der Waals surface area contributed by atoms with Crippen LogP contribution in [0.5, 0.6) is 23.0 Å². The molecular formula is C96H168Cl4N4O8. The number of nitrogens with zero attached hydrogens (tertiary/aromatic N) is 4. The summed E-state index contributed by atoms with van der Waals surface area (Å²) in [5.41, 5.74) is 14.1. The average molecular weight is 1650 g/mol. The molecule has 12 nitrogen and oxygen atoms in total. The minimum absolute atomic E-state index is 0. The number of unbranched alkanes of at least 4 members (excludes halogenated alkanes) is 36. The van der Waals surface area contributed by atoms with Crippen molar-refractivity contribution in [1.82, 2.24) is 0 Å². The minimum atomic E-state index is 0. The lowest BCUT2D eigenvalue weighted by Gasteiger charge is -2.31. The van der Waals surface area contributed by atoms with Crippen molar-refractivity contribution in [3.05, 3.63) is 115 Å². The third-order valence-electron chi connectivity index (χ3n) is 23.0. The summed E-state index contributed by atoms with van der Waals surface area (Å²) in [5, 5.41) is 42.5. The number of aliphatic hydroxyl groups is 4. The molecule has 0 unspecified atom stereocenters. The van der Waals surface area contributed by atoms with E-state index in [9.17, 15) is 20.4 Å². The Kier molecular flexibility index (Phi) is 59.3. The number of aliphatic hydroxyl groups excluding tert-OH is 4. The van der Waals surface area contributed by atoms with Gasteiger partial charge in [-0.1, -0.05) is 259 Å². The van der Waals surface area contributed by atoms with Gasteiger partial charge in [0, 0.05) is 47.9 Å². The molecule has 4 aromatic carbocycles. The van der Waals surface area contributed by atoms with Gasteiger partial charge in [0.15, 0.2) is 0 Å². The molecule has 0 aliphatic heterocycles. The molecule has 4 aromatic rings. The second-order valence-electron chi connectivity index (χ2n) is 36.0. The van der Waals surface area contributed by atoms with Crippen LogP contribution in [0.25, 0.3) is 0 Å². The summed E-state index contributed by atoms with van der Waals surface area (Å²) in [7, 11) is 18.0. The van der Waals surface area contributed by atoms with Crippen molar-refractivity contribution in [1.29, 1.82) is 0 Å². The summed E-state index contributed by atoms with van der Waals surface area (Å²) >= 11 is 0. The van der Waals surface area contributed by atoms with Crippen LogP contribution in [0.4, 0.5) is 0 Å². The van der Waals surface area contributed by atoms with Crippen LogP contribution in [0, 0.1) is 0 Å². The van der Waals surface area contributed by atoms with E-state index >= 15 is 0 Å². The van der Waals surface area contributed by atoms with Gasteiger partial charge in [0.1, 0.15) is 75.4 Å². The Morgan fingerprint density at radius 2 is 0.357 bits per heavy atom. The Bertz CT molecular complexity index is 2540. The van der Waals surface area contributed by atoms with Gasteiger partial charge in [-0.3, -0.25) is 0 Å². The summed E-state index contributed by atoms with van der Waals surface area (Å²) < 4.78 is 32.8. The fraction of sp³-hybridized carbons (Fsp3) is 0.750. The van der Waals surface area contributed by atoms with E-state index in [-0.39, 0.29) is 76.1 Å². The molecule has 8 bridgehead atoms. The molecule has 0 fully saturated rings. The van der Waals surface area contributed by atoms with Gasteiger partial charge in [-0.2, -0.15) is 0 Å². The van der Waals surface area contributed by atoms with Gasteiger partial charge in [-0.15, -0.1) is 0 Å². The lowest BCUT2D eigenvalue weighted by atomic mass is 9.88. The Morgan fingerprint density at radius 3 is 0.491 bits per heavy atom. The van der Waals surface area contributed by atoms with E-state index < -0.39 is 0 Å². The lowest BCUT2D eigenvalue weighted by Crippen LogP contribution is -3.00. The third kappa shape index (κ3) is 44.1. The van der Waals surface area contributed by atoms with E-state index in [2.05, 4.69) is 133 Å². The third-order valence-corrected chi connectivity index (χ3v) is 23.0. The van der Waals surface area contributed by atoms with Gasteiger partial charge < -0.3 is 107 Å². The zero-order chi connectivity index (χ0) is 78.1. The lowest BCUT2D eigenvalue weighted by molar-refractivity contribution is -0.903. The molecule has 0 amide bonds. The van der Waals surface area contributed by atoms with E-state index in [1.807, 2.05) is 0 Å². The smallest absolute Gasteiger partial charge is 0.126 e. The highest BCUT2D eigenvalue weighted by Gasteiger charge is 2.30. The first-order valence-electron chi connectivity index (χ1n) is 45.0. The normalized spacial score (nSPS) is 12.4. The molecule has 0 aromatic heterocycles. The van der Waals surface area contributed by atoms with Crippen LogP contribution in [-0.2, 0) is 51.9 Å². The van der Waals surface area contributed by atoms with Crippen LogP contribution >= 0.6 is 0 Å². The predicted molar refractivity (Wildman–Crippen MR) is 457 cm³/mol. The molecule has 112 heavy (non-hydrogen) atoms. The van der Waals surface area contributed by atoms with Gasteiger partial charge in [0.2, 0.25) is 0 Å². The van der Waals surface area contributed by atoms with Crippen LogP contribution in [0.2, 0.25) is 0 Å². The van der Waals surface area contributed by atoms with Gasteiger partial charge in [-0.05, 0) is 119 Å². The van der Waals surface area contributed by atoms with E-state index in [4.69, 9.17) is 18.9 Å². The Labute approximate surface area is 712 Å². The van der Waals surface area contributed by atoms with Crippen LogP contribution < -0.4 is 68.6 Å². The molecule has 0 radical (unpaired) electrons. The molecular weight excluding hydrogens is 1480 g/mol. The number of ether oxygens (including phenoxy) is 4. The zero-order valence-electron chi connectivity index (χ0n) is 73.8. The number of likely N-dealkylation sites (N-methyl/N-ethyl adjacent to an activating group) is 4. The molecule has 0 heterocycles. The quantitative estimate of drug-likeness (QED) is 0.0225. The van der Waals surface area contributed by atoms with Crippen molar-refractivity contribution < 1.29 is 107 Å². The Balaban J connectivity index is 0.0000157. The van der Waals surface area contributed by atoms with E-state index in [0.717, 1.165) is 145 Å². The Hall–Kier alpha value is -3.08. The minimum Gasteiger partial charge on any atom is -1.00 e. The molecule has 1 aliphatic carbocycles. The van der Waals surface area contributed by atoms with Crippen LogP contribution in [0.1, 0.15) is 351 Å². The highest BCUT2D eigenvalue weighted by Crippen LogP contribution is 2.43. The number of hydrogen-bond acceptors (Lipinski definition) is 8. The zero-order valence-corrected chi connectivity index (χ0v) is 76.8. The maximum atomic E-state index is 10.6. The summed E-state index contributed by atoms with van der Waals surface area (Å²) in [6.07, 6.45) is 52.4. The highest BCUT2D eigenvalue weighted by molar-refractivity contribution is 5.58. The van der Waals surface area contributed by atoms with Crippen molar-refractivity contribution >= 4 is 0 Å². The second-order valence-corrected chi connectivity index (χ2v) is 36.0. The van der Waals surface area contributed by atoms with Crippen LogP contribution in [0.3, 0.4) is 0 Å². The SMILES string of the molecule is CCCCCCCCCCCCOc1c2cc(C[N+](C)(C)CCO)cc1Cc1cc(C[N+](C)(C)CCO)cc(c1OCCCCCCCCCCCC)Cc1cc(C[N+](C)(C)CCO)cc(c1OCCCCCCCCCCCC)Cc1cc(C[N+](C)(C)CCO)cc(c1OCCCCCCCCCCCC)C2.[Cl-].[Cl-].[Cl-].[Cl-]. The number of fused-ring (bicyclic) bond motifs is 8. The van der Waals surface area contributed by atoms with E-state index in [0.29, 0.717) is 96.2 Å². The van der Waals surface area contributed by atoms with Crippen molar-refractivity contribution in [3.63, 3.8) is 0 Å². The molecule has 0 atom stereocenters. The van der Waals surface area contributed by atoms with Crippen LogP contribution in [-0.4, -0.2) is 174 Å². The largest absolute Gasteiger partial charge is 1.00 e. The maximum Gasteiger partial charge on any atom is 0.126 e. The average Bonchev–Trinajstić information content (AvgIpc) is 0.770. The van der Waals surface area contributed by atoms with Gasteiger partial charge in [0.05, 0.1) is 109 Å². The molecule has 4 N–H and O–H groups in total. The number of rotatable bonds is 64. The summed E-state index contributed by atoms with van der Waals surface area (Å²) in [6.45, 7) is 17.5. The van der Waals surface area contributed by atoms with Crippen molar-refractivity contribution in [2.24, 2.45) is 0 Å². The first-order chi connectivity index (χ1) is 52.2. The van der Waals surface area contributed by atoms with Crippen molar-refractivity contribution in [2.45, 2.75) is 336 Å². The number of hydrogen-bond donors (Lipinski definition) is 4. The predicted octanol–water partition coefficient (Wildman–Crippen LogP) is 9.85. The number of halogens is 4. The van der Waals surface area contributed by atoms with Gasteiger partial charge in [-0.25, -0.2) is 0 Å². The topological polar surface area (TPSA) is 118 Å².